The van der Waals surface area contributed by atoms with Crippen molar-refractivity contribution in [2.75, 3.05) is 14.2 Å². The molecule has 208 valence electrons. The van der Waals surface area contributed by atoms with E-state index in [-0.39, 0.29) is 16.6 Å². The maximum absolute atomic E-state index is 13.3. The predicted octanol–water partition coefficient (Wildman–Crippen LogP) is 3.84. The summed E-state index contributed by atoms with van der Waals surface area (Å²) in [5.74, 6) is 0.570. The lowest BCUT2D eigenvalue weighted by atomic mass is 10.0. The molecule has 3 aromatic rings. The number of amides is 3. The summed E-state index contributed by atoms with van der Waals surface area (Å²) in [6.45, 7) is 0. The molecule has 0 aliphatic heterocycles. The average Bonchev–Trinajstić information content (AvgIpc) is 3.45. The van der Waals surface area contributed by atoms with Gasteiger partial charge < -0.3 is 19.4 Å². The number of para-hydroxylation sites is 1. The molecule has 1 heterocycles. The molecule has 2 aliphatic rings. The number of carbonyl (C=O) groups excluding carboxylic acids is 2. The maximum atomic E-state index is 13.3. The minimum absolute atomic E-state index is 0.125. The Kier molecular flexibility index (Phi) is 7.35. The summed E-state index contributed by atoms with van der Waals surface area (Å²) >= 11 is 0. The number of alkyl carbamates (subject to hydrolysis) is 1. The summed E-state index contributed by atoms with van der Waals surface area (Å²) in [6.07, 6.45) is 8.28. The number of benzene rings is 2. The zero-order valence-electron chi connectivity index (χ0n) is 22.0. The number of urea groups is 1. The lowest BCUT2D eigenvalue weighted by Gasteiger charge is -2.24. The molecule has 1 saturated carbocycles. The molecule has 0 spiro atoms. The van der Waals surface area contributed by atoms with Crippen LogP contribution in [0.5, 0.6) is 5.75 Å². The van der Waals surface area contributed by atoms with Crippen LogP contribution in [0.2, 0.25) is 0 Å². The molecule has 1 fully saturated rings. The number of ether oxygens (including phenoxy) is 2. The summed E-state index contributed by atoms with van der Waals surface area (Å²) in [7, 11) is -1.56. The smallest absolute Gasteiger partial charge is 0.411 e. The van der Waals surface area contributed by atoms with E-state index in [0.29, 0.717) is 25.1 Å². The molecular formula is C28H29N5O6S. The van der Waals surface area contributed by atoms with Crippen molar-refractivity contribution >= 4 is 27.8 Å². The lowest BCUT2D eigenvalue weighted by molar-refractivity contribution is 0.173. The number of imidazole rings is 1. The zero-order chi connectivity index (χ0) is 28.3. The van der Waals surface area contributed by atoms with Crippen molar-refractivity contribution < 1.29 is 27.5 Å². The monoisotopic (exact) mass is 563 g/mol. The molecular weight excluding hydrogens is 534 g/mol. The van der Waals surface area contributed by atoms with Crippen LogP contribution in [0.4, 0.5) is 9.59 Å². The van der Waals surface area contributed by atoms with E-state index in [9.17, 15) is 18.0 Å². The summed E-state index contributed by atoms with van der Waals surface area (Å²) < 4.78 is 40.0. The zero-order valence-corrected chi connectivity index (χ0v) is 22.8. The van der Waals surface area contributed by atoms with E-state index < -0.39 is 27.7 Å². The number of methoxy groups -OCH3 is 2. The van der Waals surface area contributed by atoms with Crippen molar-refractivity contribution in [3.8, 4) is 5.75 Å². The Morgan fingerprint density at radius 2 is 1.77 bits per heavy atom. The number of carbonyl (C=O) groups is 2. The van der Waals surface area contributed by atoms with Crippen LogP contribution in [-0.2, 0) is 20.3 Å². The molecule has 0 saturated heterocycles. The van der Waals surface area contributed by atoms with Crippen LogP contribution < -0.4 is 20.1 Å². The molecule has 5 rings (SSSR count). The van der Waals surface area contributed by atoms with E-state index in [1.807, 2.05) is 41.0 Å². The first-order valence-electron chi connectivity index (χ1n) is 12.6. The third kappa shape index (κ3) is 5.30. The Morgan fingerprint density at radius 1 is 1.02 bits per heavy atom. The first kappa shape index (κ1) is 27.0. The highest BCUT2D eigenvalue weighted by molar-refractivity contribution is 7.90. The maximum Gasteiger partial charge on any atom is 0.411 e. The van der Waals surface area contributed by atoms with Crippen molar-refractivity contribution in [2.24, 2.45) is 0 Å². The topological polar surface area (TPSA) is 141 Å². The first-order valence-corrected chi connectivity index (χ1v) is 14.1. The number of sulfonamides is 1. The van der Waals surface area contributed by atoms with Crippen LogP contribution in [0.25, 0.3) is 5.70 Å². The Balaban J connectivity index is 1.45. The van der Waals surface area contributed by atoms with Crippen LogP contribution in [0.3, 0.4) is 0 Å². The van der Waals surface area contributed by atoms with Crippen LogP contribution in [0.15, 0.2) is 89.7 Å². The quantitative estimate of drug-likeness (QED) is 0.378. The molecule has 1 aromatic heterocycles. The van der Waals surface area contributed by atoms with E-state index in [4.69, 9.17) is 4.74 Å². The van der Waals surface area contributed by atoms with Gasteiger partial charge in [0, 0.05) is 29.7 Å². The minimum Gasteiger partial charge on any atom is -0.495 e. The molecule has 0 bridgehead atoms. The Bertz CT molecular complexity index is 1600. The van der Waals surface area contributed by atoms with E-state index in [0.717, 1.165) is 17.0 Å². The van der Waals surface area contributed by atoms with Crippen LogP contribution >= 0.6 is 0 Å². The van der Waals surface area contributed by atoms with Gasteiger partial charge in [0.2, 0.25) is 0 Å². The number of aromatic nitrogens is 2. The van der Waals surface area contributed by atoms with Gasteiger partial charge in [0.25, 0.3) is 10.0 Å². The molecule has 12 heteroatoms. The Labute approximate surface area is 231 Å². The van der Waals surface area contributed by atoms with Gasteiger partial charge in [0.15, 0.2) is 0 Å². The number of hydrogen-bond donors (Lipinski definition) is 3. The summed E-state index contributed by atoms with van der Waals surface area (Å²) in [6, 6.07) is 14.9. The van der Waals surface area contributed by atoms with Gasteiger partial charge in [-0.15, -0.1) is 0 Å². The lowest BCUT2D eigenvalue weighted by Crippen LogP contribution is -2.46. The second kappa shape index (κ2) is 10.9. The second-order valence-electron chi connectivity index (χ2n) is 9.44. The molecule has 2 atom stereocenters. The fraction of sp³-hybridized carbons (Fsp3) is 0.250. The van der Waals surface area contributed by atoms with Crippen LogP contribution in [0.1, 0.15) is 36.6 Å². The largest absolute Gasteiger partial charge is 0.495 e. The van der Waals surface area contributed by atoms with Crippen LogP contribution in [-0.4, -0.2) is 44.3 Å². The van der Waals surface area contributed by atoms with Crippen LogP contribution in [0, 0.1) is 0 Å². The normalized spacial score (nSPS) is 20.0. The molecule has 0 radical (unpaired) electrons. The summed E-state index contributed by atoms with van der Waals surface area (Å²) in [4.78, 5) is 29.3. The molecule has 2 aromatic carbocycles. The molecule has 3 amide bonds. The second-order valence-corrected chi connectivity index (χ2v) is 11.1. The Morgan fingerprint density at radius 3 is 2.48 bits per heavy atom. The van der Waals surface area contributed by atoms with Gasteiger partial charge in [-0.1, -0.05) is 42.5 Å². The van der Waals surface area contributed by atoms with Crippen molar-refractivity contribution in [1.29, 1.82) is 0 Å². The minimum atomic E-state index is -4.22. The van der Waals surface area contributed by atoms with Gasteiger partial charge in [-0.25, -0.2) is 27.7 Å². The molecule has 40 heavy (non-hydrogen) atoms. The average molecular weight is 564 g/mol. The molecule has 3 N–H and O–H groups in total. The van der Waals surface area contributed by atoms with E-state index in [1.165, 1.54) is 26.4 Å². The van der Waals surface area contributed by atoms with Gasteiger partial charge in [-0.2, -0.15) is 0 Å². The van der Waals surface area contributed by atoms with Gasteiger partial charge in [0.1, 0.15) is 22.0 Å². The molecule has 2 aliphatic carbocycles. The predicted molar refractivity (Wildman–Crippen MR) is 147 cm³/mol. The summed E-state index contributed by atoms with van der Waals surface area (Å²) in [5.41, 5.74) is 1.66. The third-order valence-electron chi connectivity index (χ3n) is 7.01. The van der Waals surface area contributed by atoms with Crippen molar-refractivity contribution in [3.63, 3.8) is 0 Å². The number of nitrogens with zero attached hydrogens (tertiary/aromatic N) is 2. The first-order chi connectivity index (χ1) is 19.3. The highest BCUT2D eigenvalue weighted by Crippen LogP contribution is 2.58. The van der Waals surface area contributed by atoms with Crippen molar-refractivity contribution in [3.05, 3.63) is 96.2 Å². The van der Waals surface area contributed by atoms with E-state index >= 15 is 0 Å². The third-order valence-corrected chi connectivity index (χ3v) is 8.38. The Hall–Kier alpha value is -4.58. The fourth-order valence-electron chi connectivity index (χ4n) is 5.02. The number of allylic oxidation sites excluding steroid dienone is 4. The number of hydrogen-bond acceptors (Lipinski definition) is 7. The molecule has 0 unspecified atom stereocenters. The SMILES string of the molecule is COC(=O)NC1=CC=C(n2ccnc2[C@@]2(NC(=O)NS(=O)(=O)c3ccccc3OC)C[C@@H]2c2ccccc2)CC1. The van der Waals surface area contributed by atoms with E-state index in [1.54, 1.807) is 30.6 Å². The van der Waals surface area contributed by atoms with Gasteiger partial charge >= 0.3 is 12.1 Å². The molecule has 11 nitrogen and oxygen atoms in total. The standard InChI is InChI=1S/C28H29N5O6S/c1-38-23-10-6-7-11-24(23)40(36,37)32-26(34)31-28(18-22(28)19-8-4-3-5-9-19)25-29-16-17-33(25)21-14-12-20(13-15-21)30-27(35)39-2/h3-12,14,16-17,22H,13,15,18H2,1-2H3,(H,30,35)(H2,31,32,34)/t22-,28-/m1/s1. The fourth-order valence-corrected chi connectivity index (χ4v) is 6.10. The van der Waals surface area contributed by atoms with Gasteiger partial charge in [-0.05, 0) is 49.1 Å². The highest BCUT2D eigenvalue weighted by atomic mass is 32.2. The number of rotatable bonds is 8. The highest BCUT2D eigenvalue weighted by Gasteiger charge is 2.60. The van der Waals surface area contributed by atoms with Crippen molar-refractivity contribution in [2.45, 2.75) is 35.6 Å². The van der Waals surface area contributed by atoms with Gasteiger partial charge in [-0.3, -0.25) is 5.32 Å². The van der Waals surface area contributed by atoms with Crippen molar-refractivity contribution in [1.82, 2.24) is 24.9 Å². The van der Waals surface area contributed by atoms with E-state index in [2.05, 4.69) is 25.1 Å². The van der Waals surface area contributed by atoms with Gasteiger partial charge in [0.05, 0.1) is 14.2 Å². The summed E-state index contributed by atoms with van der Waals surface area (Å²) in [5, 5.41) is 5.62. The number of nitrogens with one attached hydrogen (secondary N) is 3.